The maximum atomic E-state index is 6.10. The fourth-order valence-electron chi connectivity index (χ4n) is 2.10. The van der Waals surface area contributed by atoms with E-state index in [2.05, 4.69) is 28.0 Å². The summed E-state index contributed by atoms with van der Waals surface area (Å²) in [6, 6.07) is 11.2. The molecular formula is C15H16ClIN2O2. The highest BCUT2D eigenvalue weighted by molar-refractivity contribution is 14.1. The van der Waals surface area contributed by atoms with E-state index in [1.165, 1.54) is 0 Å². The van der Waals surface area contributed by atoms with Crippen LogP contribution in [0.15, 0.2) is 36.4 Å². The zero-order chi connectivity index (χ0) is 15.4. The molecule has 0 heterocycles. The average Bonchev–Trinajstić information content (AvgIpc) is 2.51. The molecule has 0 fully saturated rings. The second kappa shape index (κ2) is 7.31. The molecule has 21 heavy (non-hydrogen) atoms. The van der Waals surface area contributed by atoms with Crippen molar-refractivity contribution in [3.63, 3.8) is 0 Å². The van der Waals surface area contributed by atoms with E-state index in [1.54, 1.807) is 14.2 Å². The van der Waals surface area contributed by atoms with E-state index < -0.39 is 0 Å². The summed E-state index contributed by atoms with van der Waals surface area (Å²) in [6.07, 6.45) is 0. The summed E-state index contributed by atoms with van der Waals surface area (Å²) < 4.78 is 11.7. The molecule has 2 rings (SSSR count). The lowest BCUT2D eigenvalue weighted by atomic mass is 9.99. The number of halogens is 2. The van der Waals surface area contributed by atoms with Gasteiger partial charge in [0.2, 0.25) is 0 Å². The Morgan fingerprint density at radius 3 is 2.24 bits per heavy atom. The zero-order valence-corrected chi connectivity index (χ0v) is 14.6. The van der Waals surface area contributed by atoms with Gasteiger partial charge in [-0.05, 0) is 64.0 Å². The minimum Gasteiger partial charge on any atom is -0.497 e. The highest BCUT2D eigenvalue weighted by Gasteiger charge is 2.18. The zero-order valence-electron chi connectivity index (χ0n) is 11.7. The molecule has 112 valence electrons. The summed E-state index contributed by atoms with van der Waals surface area (Å²) in [4.78, 5) is 0. The molecule has 1 atom stereocenters. The van der Waals surface area contributed by atoms with Crippen molar-refractivity contribution >= 4 is 34.2 Å². The van der Waals surface area contributed by atoms with Crippen molar-refractivity contribution in [1.82, 2.24) is 5.43 Å². The van der Waals surface area contributed by atoms with Crippen LogP contribution in [0.5, 0.6) is 11.5 Å². The highest BCUT2D eigenvalue weighted by atomic mass is 127. The van der Waals surface area contributed by atoms with Crippen LogP contribution in [0.2, 0.25) is 5.02 Å². The Morgan fingerprint density at radius 1 is 1.10 bits per heavy atom. The number of hydrazine groups is 1. The molecule has 0 spiro atoms. The first-order chi connectivity index (χ1) is 10.1. The molecule has 3 N–H and O–H groups in total. The topological polar surface area (TPSA) is 56.5 Å². The average molecular weight is 419 g/mol. The number of benzene rings is 2. The van der Waals surface area contributed by atoms with Gasteiger partial charge < -0.3 is 9.47 Å². The molecular weight excluding hydrogens is 403 g/mol. The summed E-state index contributed by atoms with van der Waals surface area (Å²) in [5, 5.41) is 0.667. The first kappa shape index (κ1) is 16.4. The predicted molar refractivity (Wildman–Crippen MR) is 92.9 cm³/mol. The molecule has 6 heteroatoms. The number of rotatable bonds is 5. The Kier molecular flexibility index (Phi) is 5.69. The van der Waals surface area contributed by atoms with Crippen molar-refractivity contribution in [2.75, 3.05) is 14.2 Å². The molecule has 2 aromatic rings. The molecule has 0 aliphatic carbocycles. The number of methoxy groups -OCH3 is 2. The van der Waals surface area contributed by atoms with E-state index in [0.29, 0.717) is 16.5 Å². The maximum Gasteiger partial charge on any atom is 0.122 e. The van der Waals surface area contributed by atoms with Crippen LogP contribution in [0.1, 0.15) is 17.2 Å². The third-order valence-electron chi connectivity index (χ3n) is 3.14. The Morgan fingerprint density at radius 2 is 1.71 bits per heavy atom. The smallest absolute Gasteiger partial charge is 0.122 e. The van der Waals surface area contributed by atoms with Crippen LogP contribution in [0, 0.1) is 3.57 Å². The van der Waals surface area contributed by atoms with Crippen molar-refractivity contribution in [3.8, 4) is 11.5 Å². The Hall–Kier alpha value is -1.02. The number of ether oxygens (including phenoxy) is 2. The van der Waals surface area contributed by atoms with Gasteiger partial charge in [-0.3, -0.25) is 5.84 Å². The summed E-state index contributed by atoms with van der Waals surface area (Å²) in [5.74, 6) is 7.18. The van der Waals surface area contributed by atoms with Gasteiger partial charge in [0, 0.05) is 14.7 Å². The Bertz CT molecular complexity index is 615. The number of nitrogens with one attached hydrogen (secondary N) is 1. The molecule has 1 unspecified atom stereocenters. The quantitative estimate of drug-likeness (QED) is 0.443. The molecule has 0 amide bonds. The fourth-order valence-corrected chi connectivity index (χ4v) is 2.92. The van der Waals surface area contributed by atoms with Crippen molar-refractivity contribution in [3.05, 3.63) is 56.1 Å². The Labute approximate surface area is 142 Å². The van der Waals surface area contributed by atoms with Gasteiger partial charge in [-0.1, -0.05) is 11.6 Å². The van der Waals surface area contributed by atoms with Gasteiger partial charge in [0.15, 0.2) is 0 Å². The van der Waals surface area contributed by atoms with E-state index in [9.17, 15) is 0 Å². The van der Waals surface area contributed by atoms with Crippen LogP contribution in [-0.2, 0) is 0 Å². The normalized spacial score (nSPS) is 12.0. The molecule has 0 aliphatic heterocycles. The van der Waals surface area contributed by atoms with Crippen molar-refractivity contribution < 1.29 is 9.47 Å². The first-order valence-corrected chi connectivity index (χ1v) is 7.68. The molecule has 0 aliphatic rings. The van der Waals surface area contributed by atoms with Gasteiger partial charge in [0.1, 0.15) is 11.5 Å². The number of hydrogen-bond acceptors (Lipinski definition) is 4. The third-order valence-corrected chi connectivity index (χ3v) is 4.36. The van der Waals surface area contributed by atoms with E-state index >= 15 is 0 Å². The van der Waals surface area contributed by atoms with Gasteiger partial charge in [-0.15, -0.1) is 0 Å². The molecule has 0 saturated heterocycles. The minimum atomic E-state index is -0.209. The molecule has 2 aromatic carbocycles. The lowest BCUT2D eigenvalue weighted by Gasteiger charge is -2.20. The minimum absolute atomic E-state index is 0.209. The van der Waals surface area contributed by atoms with Gasteiger partial charge in [0.25, 0.3) is 0 Å². The predicted octanol–water partition coefficient (Wildman–Crippen LogP) is 3.51. The van der Waals surface area contributed by atoms with Gasteiger partial charge in [-0.2, -0.15) is 0 Å². The van der Waals surface area contributed by atoms with Crippen molar-refractivity contribution in [2.24, 2.45) is 5.84 Å². The second-order valence-electron chi connectivity index (χ2n) is 4.41. The highest BCUT2D eigenvalue weighted by Crippen LogP contribution is 2.32. The van der Waals surface area contributed by atoms with Gasteiger partial charge in [-0.25, -0.2) is 5.43 Å². The number of nitrogens with two attached hydrogens (primary N) is 1. The molecule has 0 aromatic heterocycles. The van der Waals surface area contributed by atoms with E-state index in [4.69, 9.17) is 26.9 Å². The van der Waals surface area contributed by atoms with Crippen molar-refractivity contribution in [2.45, 2.75) is 6.04 Å². The SMILES string of the molecule is COc1cc(OC)cc(C(NN)c2cc(Cl)ccc2I)c1. The monoisotopic (exact) mass is 418 g/mol. The molecule has 0 bridgehead atoms. The van der Waals surface area contributed by atoms with Gasteiger partial charge >= 0.3 is 0 Å². The largest absolute Gasteiger partial charge is 0.497 e. The van der Waals surface area contributed by atoms with Crippen LogP contribution in [0.25, 0.3) is 0 Å². The summed E-state index contributed by atoms with van der Waals surface area (Å²) >= 11 is 8.36. The van der Waals surface area contributed by atoms with E-state index in [1.807, 2.05) is 36.4 Å². The standard InChI is InChI=1S/C15H16ClIN2O2/c1-20-11-5-9(6-12(8-11)21-2)15(19-18)13-7-10(16)3-4-14(13)17/h3-8,15,19H,18H2,1-2H3. The first-order valence-electron chi connectivity index (χ1n) is 6.23. The maximum absolute atomic E-state index is 6.10. The molecule has 4 nitrogen and oxygen atoms in total. The fraction of sp³-hybridized carbons (Fsp3) is 0.200. The van der Waals surface area contributed by atoms with Crippen LogP contribution >= 0.6 is 34.2 Å². The molecule has 0 saturated carbocycles. The van der Waals surface area contributed by atoms with Crippen LogP contribution in [0.4, 0.5) is 0 Å². The third kappa shape index (κ3) is 3.79. The lowest BCUT2D eigenvalue weighted by Crippen LogP contribution is -2.29. The van der Waals surface area contributed by atoms with Gasteiger partial charge in [0.05, 0.1) is 20.3 Å². The summed E-state index contributed by atoms with van der Waals surface area (Å²) in [5.41, 5.74) is 4.77. The summed E-state index contributed by atoms with van der Waals surface area (Å²) in [7, 11) is 3.24. The van der Waals surface area contributed by atoms with Crippen molar-refractivity contribution in [1.29, 1.82) is 0 Å². The molecule has 0 radical (unpaired) electrons. The van der Waals surface area contributed by atoms with Crippen LogP contribution in [-0.4, -0.2) is 14.2 Å². The van der Waals surface area contributed by atoms with E-state index in [-0.39, 0.29) is 6.04 Å². The second-order valence-corrected chi connectivity index (χ2v) is 6.01. The van der Waals surface area contributed by atoms with E-state index in [0.717, 1.165) is 14.7 Å². The Balaban J connectivity index is 2.52. The summed E-state index contributed by atoms with van der Waals surface area (Å²) in [6.45, 7) is 0. The lowest BCUT2D eigenvalue weighted by molar-refractivity contribution is 0.392. The van der Waals surface area contributed by atoms with Crippen LogP contribution in [0.3, 0.4) is 0 Å². The number of hydrogen-bond donors (Lipinski definition) is 2. The van der Waals surface area contributed by atoms with Crippen LogP contribution < -0.4 is 20.7 Å².